The van der Waals surface area contributed by atoms with Gasteiger partial charge in [0.2, 0.25) is 70.9 Å². The second kappa shape index (κ2) is 42.5. The minimum absolute atomic E-state index is 0.0373. The number of hydrogen-bond acceptors (Lipinski definition) is 19. The largest absolute Gasteiger partial charge is 0.508 e. The molecule has 0 saturated carbocycles. The van der Waals surface area contributed by atoms with Gasteiger partial charge in [-0.1, -0.05) is 73.9 Å². The number of carboxylic acid groups (broad SMARTS) is 1. The number of carbonyl (C=O) groups excluding carboxylic acids is 12. The lowest BCUT2D eigenvalue weighted by atomic mass is 9.95. The smallest absolute Gasteiger partial charge is 0.328 e. The first kappa shape index (κ1) is 82.2. The fraction of sp³-hybridized carbons (Fsp3) is 0.703. The molecular formula is C64H107N15O17. The summed E-state index contributed by atoms with van der Waals surface area (Å²) in [7, 11) is 0. The second-order valence-corrected chi connectivity index (χ2v) is 25.8. The van der Waals surface area contributed by atoms with Crippen LogP contribution < -0.4 is 75.3 Å². The molecule has 2 saturated heterocycles. The summed E-state index contributed by atoms with van der Waals surface area (Å²) in [4.78, 5) is 179. The predicted octanol–water partition coefficient (Wildman–Crippen LogP) is -3.61. The molecule has 540 valence electrons. The highest BCUT2D eigenvalue weighted by molar-refractivity contribution is 5.99. The molecule has 3 rings (SSSR count). The number of aliphatic hydroxyl groups is 2. The number of aliphatic carboxylic acids is 1. The molecule has 2 aliphatic heterocycles. The molecule has 0 unspecified atom stereocenters. The third-order valence-corrected chi connectivity index (χ3v) is 16.6. The van der Waals surface area contributed by atoms with E-state index in [2.05, 4.69) is 58.5 Å². The molecule has 0 radical (unpaired) electrons. The molecule has 1 aromatic rings. The molecule has 32 nitrogen and oxygen atoms in total. The molecule has 32 heteroatoms. The van der Waals surface area contributed by atoms with Crippen LogP contribution in [0.2, 0.25) is 0 Å². The number of nitrogens with zero attached hydrogens (tertiary/aromatic N) is 1. The Morgan fingerprint density at radius 3 is 1.54 bits per heavy atom. The Morgan fingerprint density at radius 2 is 1.03 bits per heavy atom. The Labute approximate surface area is 561 Å². The molecule has 0 bridgehead atoms. The van der Waals surface area contributed by atoms with Crippen molar-refractivity contribution in [2.75, 3.05) is 52.5 Å². The maximum atomic E-state index is 14.6. The summed E-state index contributed by atoms with van der Waals surface area (Å²) in [6.45, 7) is 12.3. The molecular weight excluding hydrogens is 1250 g/mol. The van der Waals surface area contributed by atoms with Gasteiger partial charge in [0, 0.05) is 13.0 Å². The van der Waals surface area contributed by atoms with Crippen molar-refractivity contribution in [3.05, 3.63) is 29.8 Å². The molecule has 2 heterocycles. The number of phenolic OH excluding ortho intramolecular Hbond substituents is 1. The van der Waals surface area contributed by atoms with Crippen molar-refractivity contribution in [1.29, 1.82) is 0 Å². The SMILES string of the molecule is CC[C@H](C)[C@H](NC(=O)[C@H](CC(C)C)NC(=O)[C@H](CC(C)C)NC(=O)[C@H](CCCCN)NC(=O)[C@@H]1CCCN1C(=O)[C@@H](NC(=O)[C@H](CCCCN)NC(=O)CNC(=O)[C@@H]1CCCN1)C(C)C)C(=O)N[C@@H](Cc1ccc(O)cc1)C(=O)N[C@@H](CO)C(=O)NCC(=O)N[C@@H](CO)C(=O)O. The molecule has 12 atom stereocenters. The van der Waals surface area contributed by atoms with E-state index in [0.29, 0.717) is 63.6 Å². The number of likely N-dealkylation sites (tertiary alicyclic amines) is 1. The summed E-state index contributed by atoms with van der Waals surface area (Å²) in [6.07, 6.45) is 4.32. The van der Waals surface area contributed by atoms with Crippen molar-refractivity contribution in [2.24, 2.45) is 35.1 Å². The molecule has 0 aromatic heterocycles. The van der Waals surface area contributed by atoms with Crippen molar-refractivity contribution in [3.63, 3.8) is 0 Å². The van der Waals surface area contributed by atoms with Gasteiger partial charge in [0.15, 0.2) is 0 Å². The molecule has 0 spiro atoms. The van der Waals surface area contributed by atoms with Gasteiger partial charge in [-0.2, -0.15) is 0 Å². The van der Waals surface area contributed by atoms with E-state index >= 15 is 0 Å². The van der Waals surface area contributed by atoms with Crippen LogP contribution in [0.4, 0.5) is 0 Å². The zero-order valence-electron chi connectivity index (χ0n) is 56.7. The summed E-state index contributed by atoms with van der Waals surface area (Å²) < 4.78 is 0. The van der Waals surface area contributed by atoms with Gasteiger partial charge in [-0.25, -0.2) is 4.79 Å². The summed E-state index contributed by atoms with van der Waals surface area (Å²) >= 11 is 0. The number of carbonyl (C=O) groups is 13. The zero-order valence-corrected chi connectivity index (χ0v) is 56.7. The average Bonchev–Trinajstić information content (AvgIpc) is 1.56. The van der Waals surface area contributed by atoms with E-state index in [1.54, 1.807) is 41.5 Å². The lowest BCUT2D eigenvalue weighted by Crippen LogP contribution is -2.61. The number of nitrogens with two attached hydrogens (primary N) is 2. The Hall–Kier alpha value is -8.07. The van der Waals surface area contributed by atoms with Gasteiger partial charge < -0.3 is 101 Å². The lowest BCUT2D eigenvalue weighted by molar-refractivity contribution is -0.143. The number of phenols is 1. The third-order valence-electron chi connectivity index (χ3n) is 16.6. The van der Waals surface area contributed by atoms with Crippen molar-refractivity contribution in [1.82, 2.24) is 68.7 Å². The molecule has 20 N–H and O–H groups in total. The normalized spacial score (nSPS) is 17.6. The average molecular weight is 1360 g/mol. The van der Waals surface area contributed by atoms with Crippen LogP contribution in [0.1, 0.15) is 144 Å². The van der Waals surface area contributed by atoms with Crippen molar-refractivity contribution in [2.45, 2.75) is 212 Å². The Bertz CT molecular complexity index is 2750. The summed E-state index contributed by atoms with van der Waals surface area (Å²) in [5.74, 6) is -12.3. The van der Waals surface area contributed by atoms with Crippen LogP contribution in [0.15, 0.2) is 24.3 Å². The molecule has 2 fully saturated rings. The summed E-state index contributed by atoms with van der Waals surface area (Å²) in [6, 6.07) is -8.25. The van der Waals surface area contributed by atoms with Gasteiger partial charge in [-0.05, 0) is 138 Å². The molecule has 2 aliphatic rings. The quantitative estimate of drug-likeness (QED) is 0.0281. The van der Waals surface area contributed by atoms with Gasteiger partial charge in [-0.15, -0.1) is 0 Å². The minimum Gasteiger partial charge on any atom is -0.508 e. The van der Waals surface area contributed by atoms with E-state index in [9.17, 15) is 77.6 Å². The number of nitrogens with one attached hydrogen (secondary N) is 12. The molecule has 0 aliphatic carbocycles. The van der Waals surface area contributed by atoms with Crippen molar-refractivity contribution in [3.8, 4) is 5.75 Å². The van der Waals surface area contributed by atoms with E-state index in [4.69, 9.17) is 16.6 Å². The van der Waals surface area contributed by atoms with Crippen molar-refractivity contribution < 1.29 is 82.8 Å². The summed E-state index contributed by atoms with van der Waals surface area (Å²) in [5, 5.41) is 70.0. The van der Waals surface area contributed by atoms with E-state index < -0.39 is 169 Å². The van der Waals surface area contributed by atoms with E-state index in [1.807, 2.05) is 19.2 Å². The van der Waals surface area contributed by atoms with Crippen LogP contribution in [0.3, 0.4) is 0 Å². The second-order valence-electron chi connectivity index (χ2n) is 25.8. The number of benzene rings is 1. The van der Waals surface area contributed by atoms with Crippen LogP contribution in [-0.2, 0) is 68.7 Å². The predicted molar refractivity (Wildman–Crippen MR) is 352 cm³/mol. The topological polar surface area (TPSA) is 502 Å². The van der Waals surface area contributed by atoms with Gasteiger partial charge in [-0.3, -0.25) is 57.5 Å². The van der Waals surface area contributed by atoms with E-state index in [1.165, 1.54) is 29.2 Å². The molecule has 12 amide bonds. The monoisotopic (exact) mass is 1360 g/mol. The van der Waals surface area contributed by atoms with Gasteiger partial charge >= 0.3 is 5.97 Å². The maximum Gasteiger partial charge on any atom is 0.328 e. The molecule has 96 heavy (non-hydrogen) atoms. The highest BCUT2D eigenvalue weighted by Gasteiger charge is 2.42. The van der Waals surface area contributed by atoms with Gasteiger partial charge in [0.1, 0.15) is 66.2 Å². The third kappa shape index (κ3) is 27.9. The highest BCUT2D eigenvalue weighted by atomic mass is 16.4. The van der Waals surface area contributed by atoms with E-state index in [0.717, 1.165) is 6.42 Å². The first-order valence-electron chi connectivity index (χ1n) is 33.4. The summed E-state index contributed by atoms with van der Waals surface area (Å²) in [5.41, 5.74) is 12.0. The first-order valence-corrected chi connectivity index (χ1v) is 33.4. The number of aliphatic hydroxyl groups excluding tert-OH is 2. The van der Waals surface area contributed by atoms with Crippen LogP contribution in [0.25, 0.3) is 0 Å². The fourth-order valence-corrected chi connectivity index (χ4v) is 10.9. The highest BCUT2D eigenvalue weighted by Crippen LogP contribution is 2.22. The fourth-order valence-electron chi connectivity index (χ4n) is 10.9. The molecule has 1 aromatic carbocycles. The number of amides is 12. The van der Waals surface area contributed by atoms with Crippen LogP contribution >= 0.6 is 0 Å². The van der Waals surface area contributed by atoms with Crippen LogP contribution in [0.5, 0.6) is 5.75 Å². The standard InChI is InChI=1S/C64H107N15O17/c1-9-38(8)53(62(93)75-46(30-39-20-22-40(82)23-21-39)59(90)76-47(33-80)55(86)69-32-51(84)71-48(34-81)64(95)96)78-60(91)45(29-36(4)5)74-58(89)44(28-35(2)3)73-56(87)43(17-11-13-25-66)72-61(92)49-19-15-27-79(49)63(94)52(37(6)7)77-57(88)42(16-10-12-24-65)70-50(83)31-68-54(85)41-18-14-26-67-41/h20-23,35-38,41-49,52-53,67,80-82H,9-19,24-34,65-66H2,1-8H3,(H,68,85)(H,69,86)(H,70,83)(H,71,84)(H,72,92)(H,73,87)(H,74,89)(H,75,93)(H,76,90)(H,77,88)(H,78,91)(H,95,96)/t38-,41-,42-,43-,44-,45-,46-,47-,48-,49-,52-,53-/m0/s1. The Morgan fingerprint density at radius 1 is 0.542 bits per heavy atom. The lowest BCUT2D eigenvalue weighted by Gasteiger charge is -2.32. The number of unbranched alkanes of at least 4 members (excludes halogenated alkanes) is 2. The number of rotatable bonds is 43. The first-order chi connectivity index (χ1) is 45.5. The van der Waals surface area contributed by atoms with E-state index in [-0.39, 0.29) is 81.7 Å². The number of carboxylic acids is 1. The Kier molecular flexibility index (Phi) is 36.4. The minimum atomic E-state index is -1.71. The maximum absolute atomic E-state index is 14.6. The van der Waals surface area contributed by atoms with Crippen molar-refractivity contribution >= 4 is 76.9 Å². The van der Waals surface area contributed by atoms with Crippen LogP contribution in [0, 0.1) is 23.7 Å². The van der Waals surface area contributed by atoms with Gasteiger partial charge in [0.25, 0.3) is 0 Å². The Balaban J connectivity index is 1.85. The van der Waals surface area contributed by atoms with Gasteiger partial charge in [0.05, 0.1) is 32.3 Å². The zero-order chi connectivity index (χ0) is 71.8. The number of aromatic hydroxyl groups is 1. The number of hydrogen-bond donors (Lipinski definition) is 18. The van der Waals surface area contributed by atoms with Crippen LogP contribution in [-0.4, -0.2) is 221 Å².